The monoisotopic (exact) mass is 1030 g/mol. The van der Waals surface area contributed by atoms with Gasteiger partial charge in [0.15, 0.2) is 24.6 Å². The molecule has 0 spiro atoms. The van der Waals surface area contributed by atoms with E-state index in [1.807, 2.05) is 13.8 Å². The fourth-order valence-corrected chi connectivity index (χ4v) is 8.94. The Kier molecular flexibility index (Phi) is 42.1. The molecule has 0 aromatic heterocycles. The molecule has 16 heteroatoms. The van der Waals surface area contributed by atoms with Crippen molar-refractivity contribution in [1.29, 1.82) is 0 Å². The summed E-state index contributed by atoms with van der Waals surface area (Å²) < 4.78 is 35.7. The molecule has 1 aliphatic heterocycles. The molecule has 72 heavy (non-hydrogen) atoms. The van der Waals surface area contributed by atoms with Crippen LogP contribution in [0, 0.1) is 0 Å². The Morgan fingerprint density at radius 2 is 0.722 bits per heavy atom. The van der Waals surface area contributed by atoms with Gasteiger partial charge in [-0.05, 0) is 25.7 Å². The van der Waals surface area contributed by atoms with Crippen LogP contribution in [-0.4, -0.2) is 129 Å². The summed E-state index contributed by atoms with van der Waals surface area (Å²) in [5, 5.41) is 62.3. The van der Waals surface area contributed by atoms with Gasteiger partial charge in [0.05, 0.1) is 6.61 Å². The van der Waals surface area contributed by atoms with Crippen LogP contribution >= 0.6 is 0 Å². The quantitative estimate of drug-likeness (QED) is 0.0144. The van der Waals surface area contributed by atoms with E-state index in [4.69, 9.17) is 28.4 Å². The second-order valence-corrected chi connectivity index (χ2v) is 20.2. The predicted molar refractivity (Wildman–Crippen MR) is 276 cm³/mol. The van der Waals surface area contributed by atoms with Crippen molar-refractivity contribution < 1.29 is 78.2 Å². The minimum atomic E-state index is -2.40. The maximum Gasteiger partial charge on any atom is 0.306 e. The van der Waals surface area contributed by atoms with Crippen molar-refractivity contribution in [2.75, 3.05) is 13.2 Å². The Hall–Kier alpha value is -2.44. The highest BCUT2D eigenvalue weighted by Gasteiger charge is 2.54. The molecule has 1 aliphatic rings. The van der Waals surface area contributed by atoms with E-state index in [0.29, 0.717) is 25.7 Å². The summed E-state index contributed by atoms with van der Waals surface area (Å²) in [6.45, 7) is 6.90. The van der Waals surface area contributed by atoms with Gasteiger partial charge in [0.1, 0.15) is 37.1 Å². The summed E-state index contributed by atoms with van der Waals surface area (Å²) in [6.07, 6.45) is 13.8. The predicted octanol–water partition coefficient (Wildman–Crippen LogP) is 9.88. The second-order valence-electron chi connectivity index (χ2n) is 20.2. The molecule has 16 nitrogen and oxygen atoms in total. The van der Waals surface area contributed by atoms with Crippen LogP contribution in [0.3, 0.4) is 0 Å². The minimum Gasteiger partial charge on any atom is -0.463 e. The van der Waals surface area contributed by atoms with Crippen molar-refractivity contribution in [3.05, 3.63) is 0 Å². The average Bonchev–Trinajstić information content (AvgIpc) is 3.36. The first-order valence-corrected chi connectivity index (χ1v) is 28.9. The van der Waals surface area contributed by atoms with Gasteiger partial charge in [0, 0.05) is 25.7 Å². The molecule has 1 unspecified atom stereocenters. The fraction of sp³-hybridized carbons (Fsp3) is 0.929. The van der Waals surface area contributed by atoms with Gasteiger partial charge >= 0.3 is 23.9 Å². The molecular weight excluding hydrogens is 929 g/mol. The first kappa shape index (κ1) is 67.6. The largest absolute Gasteiger partial charge is 0.463 e. The lowest BCUT2D eigenvalue weighted by atomic mass is 9.97. The van der Waals surface area contributed by atoms with Gasteiger partial charge in [-0.15, -0.1) is 0 Å². The molecule has 424 valence electrons. The lowest BCUT2D eigenvalue weighted by Gasteiger charge is -2.45. The highest BCUT2D eigenvalue weighted by Crippen LogP contribution is 2.32. The van der Waals surface area contributed by atoms with E-state index in [0.717, 1.165) is 77.0 Å². The number of carbonyl (C=O) groups is 4. The number of rotatable bonds is 48. The maximum atomic E-state index is 13.8. The third-order valence-electron chi connectivity index (χ3n) is 13.6. The molecule has 1 saturated heterocycles. The zero-order chi connectivity index (χ0) is 53.2. The van der Waals surface area contributed by atoms with E-state index in [1.54, 1.807) is 0 Å². The highest BCUT2D eigenvalue weighted by molar-refractivity contribution is 5.72. The van der Waals surface area contributed by atoms with Gasteiger partial charge in [0.25, 0.3) is 0 Å². The zero-order valence-corrected chi connectivity index (χ0v) is 45.4. The SMILES string of the molecule is CCCCCCCCCCCCCCCC(=O)O[C@@H]1[C@H](OC(=O)CCCCCCCCCCCCCCC)[C@H](OC(O)[C@@H](O)[C@@H](O)[C@H](O)[C@H](O)CO)O[C@H](COC(=O)CCCCC)[C@H]1OC(=O)CCCCC. The van der Waals surface area contributed by atoms with Crippen LogP contribution in [0.2, 0.25) is 0 Å². The molecule has 0 aliphatic carbocycles. The molecule has 1 heterocycles. The summed E-state index contributed by atoms with van der Waals surface area (Å²) >= 11 is 0. The van der Waals surface area contributed by atoms with Crippen LogP contribution in [0.4, 0.5) is 0 Å². The number of hydrogen-bond donors (Lipinski definition) is 6. The molecular formula is C56H104O16. The van der Waals surface area contributed by atoms with Gasteiger partial charge in [-0.25, -0.2) is 0 Å². The minimum absolute atomic E-state index is 0.00172. The molecule has 0 aromatic carbocycles. The van der Waals surface area contributed by atoms with E-state index in [2.05, 4.69) is 13.8 Å². The molecule has 10 atom stereocenters. The van der Waals surface area contributed by atoms with Gasteiger partial charge in [-0.2, -0.15) is 0 Å². The highest BCUT2D eigenvalue weighted by atomic mass is 16.8. The van der Waals surface area contributed by atoms with Gasteiger partial charge < -0.3 is 59.1 Å². The van der Waals surface area contributed by atoms with Crippen molar-refractivity contribution in [2.45, 2.75) is 320 Å². The summed E-state index contributed by atoms with van der Waals surface area (Å²) in [7, 11) is 0. The van der Waals surface area contributed by atoms with Crippen LogP contribution < -0.4 is 0 Å². The molecule has 6 N–H and O–H groups in total. The van der Waals surface area contributed by atoms with Crippen molar-refractivity contribution in [2.24, 2.45) is 0 Å². The number of esters is 4. The van der Waals surface area contributed by atoms with Crippen molar-refractivity contribution in [3.63, 3.8) is 0 Å². The number of unbranched alkanes of at least 4 members (excludes halogenated alkanes) is 28. The normalized spacial score (nSPS) is 20.1. The van der Waals surface area contributed by atoms with Crippen molar-refractivity contribution >= 4 is 23.9 Å². The van der Waals surface area contributed by atoms with Crippen molar-refractivity contribution in [1.82, 2.24) is 0 Å². The van der Waals surface area contributed by atoms with E-state index >= 15 is 0 Å². The molecule has 0 radical (unpaired) electrons. The molecule has 0 bridgehead atoms. The number of hydrogen-bond acceptors (Lipinski definition) is 16. The number of ether oxygens (including phenoxy) is 6. The molecule has 0 amide bonds. The summed E-state index contributed by atoms with van der Waals surface area (Å²) in [5.41, 5.74) is 0. The third-order valence-corrected chi connectivity index (χ3v) is 13.6. The van der Waals surface area contributed by atoms with Crippen LogP contribution in [0.15, 0.2) is 0 Å². The second kappa shape index (κ2) is 44.8. The summed E-state index contributed by atoms with van der Waals surface area (Å²) in [5.74, 6) is -2.67. The Morgan fingerprint density at radius 1 is 0.403 bits per heavy atom. The van der Waals surface area contributed by atoms with Crippen LogP contribution in [0.1, 0.15) is 259 Å². The van der Waals surface area contributed by atoms with Crippen LogP contribution in [-0.2, 0) is 47.6 Å². The van der Waals surface area contributed by atoms with E-state index < -0.39 is 98.5 Å². The summed E-state index contributed by atoms with van der Waals surface area (Å²) in [6, 6.07) is 0. The number of carbonyl (C=O) groups excluding carboxylic acids is 4. The topological polar surface area (TPSA) is 245 Å². The van der Waals surface area contributed by atoms with Crippen LogP contribution in [0.25, 0.3) is 0 Å². The smallest absolute Gasteiger partial charge is 0.306 e. The van der Waals surface area contributed by atoms with Gasteiger partial charge in [0.2, 0.25) is 6.29 Å². The summed E-state index contributed by atoms with van der Waals surface area (Å²) in [4.78, 5) is 54.0. The Balaban J connectivity index is 3.37. The molecule has 1 rings (SSSR count). The molecule has 0 aromatic rings. The van der Waals surface area contributed by atoms with E-state index in [9.17, 15) is 49.8 Å². The standard InChI is InChI=1S/C56H104O16/c1-5-9-13-15-17-19-21-23-25-27-29-31-35-39-47(61)70-53-52(69-46(60)38-34-12-8-4)44(42-67-45(59)37-33-11-7-3)68-56(72-55(66)51(65)50(64)49(63)43(58)41-57)54(53)71-48(62)40-36-32-30-28-26-24-22-20-18-16-14-10-6-2/h43-44,49-58,63-66H,5-42H2,1-4H3/t43-,44-,49-,50+,51+,52-,53+,54+,55?,56+/m1/s1. The van der Waals surface area contributed by atoms with Gasteiger partial charge in [-0.1, -0.05) is 207 Å². The number of aliphatic hydroxyl groups is 6. The van der Waals surface area contributed by atoms with Crippen molar-refractivity contribution in [3.8, 4) is 0 Å². The van der Waals surface area contributed by atoms with E-state index in [-0.39, 0.29) is 25.7 Å². The fourth-order valence-electron chi connectivity index (χ4n) is 8.94. The maximum absolute atomic E-state index is 13.8. The zero-order valence-electron chi connectivity index (χ0n) is 45.4. The molecule has 1 fully saturated rings. The molecule has 0 saturated carbocycles. The third kappa shape index (κ3) is 32.1. The lowest BCUT2D eigenvalue weighted by molar-refractivity contribution is -0.349. The van der Waals surface area contributed by atoms with E-state index in [1.165, 1.54) is 103 Å². The number of aliphatic hydroxyl groups excluding tert-OH is 6. The average molecular weight is 1030 g/mol. The Morgan fingerprint density at radius 3 is 1.11 bits per heavy atom. The first-order valence-electron chi connectivity index (χ1n) is 28.9. The Labute approximate surface area is 434 Å². The first-order chi connectivity index (χ1) is 34.8. The lowest BCUT2D eigenvalue weighted by Crippen LogP contribution is -2.64. The Bertz CT molecular complexity index is 1340. The van der Waals surface area contributed by atoms with Crippen LogP contribution in [0.5, 0.6) is 0 Å². The van der Waals surface area contributed by atoms with Gasteiger partial charge in [-0.3, -0.25) is 19.2 Å².